The molecule has 0 unspecified atom stereocenters. The summed E-state index contributed by atoms with van der Waals surface area (Å²) in [7, 11) is 0. The predicted octanol–water partition coefficient (Wildman–Crippen LogP) is 3.33. The third kappa shape index (κ3) is 4.80. The highest BCUT2D eigenvalue weighted by molar-refractivity contribution is 6.30. The highest BCUT2D eigenvalue weighted by Gasteiger charge is 2.13. The normalized spacial score (nSPS) is 10.6. The Bertz CT molecular complexity index is 1030. The van der Waals surface area contributed by atoms with Crippen LogP contribution in [0.2, 0.25) is 5.02 Å². The molecule has 7 heteroatoms. The summed E-state index contributed by atoms with van der Waals surface area (Å²) in [6.07, 6.45) is 0. The highest BCUT2D eigenvalue weighted by atomic mass is 35.5. The van der Waals surface area contributed by atoms with E-state index in [-0.39, 0.29) is 30.4 Å². The molecule has 0 saturated heterocycles. The first-order chi connectivity index (χ1) is 12.9. The number of aromatic nitrogens is 2. The van der Waals surface area contributed by atoms with Crippen LogP contribution in [-0.4, -0.2) is 15.5 Å². The van der Waals surface area contributed by atoms with Crippen LogP contribution in [0.25, 0.3) is 11.4 Å². The van der Waals surface area contributed by atoms with Crippen molar-refractivity contribution in [3.63, 3.8) is 0 Å². The SMILES string of the molecule is Cc1cc(=O)n(CC(=O)NCc2ccc(F)cc2)c(-c2cccc(Cl)c2)n1. The second-order valence-electron chi connectivity index (χ2n) is 6.06. The van der Waals surface area contributed by atoms with Gasteiger partial charge in [0.1, 0.15) is 18.2 Å². The standard InChI is InChI=1S/C20H17ClFN3O2/c1-13-9-19(27)25(20(24-13)15-3-2-4-16(21)10-15)12-18(26)23-11-14-5-7-17(22)8-6-14/h2-10H,11-12H2,1H3,(H,23,26). The van der Waals surface area contributed by atoms with Gasteiger partial charge in [0.2, 0.25) is 5.91 Å². The Balaban J connectivity index is 1.82. The number of aryl methyl sites for hydroxylation is 1. The van der Waals surface area contributed by atoms with Gasteiger partial charge in [-0.1, -0.05) is 35.9 Å². The van der Waals surface area contributed by atoms with E-state index >= 15 is 0 Å². The zero-order valence-electron chi connectivity index (χ0n) is 14.6. The van der Waals surface area contributed by atoms with Gasteiger partial charge < -0.3 is 5.32 Å². The van der Waals surface area contributed by atoms with Gasteiger partial charge in [0, 0.05) is 28.9 Å². The number of carbonyl (C=O) groups excluding carboxylic acids is 1. The summed E-state index contributed by atoms with van der Waals surface area (Å²) in [5.41, 5.74) is 1.64. The molecule has 0 aliphatic rings. The van der Waals surface area contributed by atoms with Crippen LogP contribution in [0.3, 0.4) is 0 Å². The lowest BCUT2D eigenvalue weighted by atomic mass is 10.2. The minimum atomic E-state index is -0.352. The third-order valence-corrected chi connectivity index (χ3v) is 4.16. The molecule has 0 saturated carbocycles. The smallest absolute Gasteiger partial charge is 0.254 e. The molecule has 2 aromatic carbocycles. The fourth-order valence-electron chi connectivity index (χ4n) is 2.62. The van der Waals surface area contributed by atoms with E-state index in [0.29, 0.717) is 22.1 Å². The van der Waals surface area contributed by atoms with Crippen molar-refractivity contribution in [2.24, 2.45) is 0 Å². The number of benzene rings is 2. The Morgan fingerprint density at radius 2 is 1.93 bits per heavy atom. The lowest BCUT2D eigenvalue weighted by Crippen LogP contribution is -2.33. The second kappa shape index (κ2) is 8.14. The summed E-state index contributed by atoms with van der Waals surface area (Å²) in [6.45, 7) is 1.77. The van der Waals surface area contributed by atoms with Crippen LogP contribution in [0.15, 0.2) is 59.4 Å². The largest absolute Gasteiger partial charge is 0.350 e. The van der Waals surface area contributed by atoms with E-state index in [1.165, 1.54) is 22.8 Å². The van der Waals surface area contributed by atoms with Crippen molar-refractivity contribution in [2.75, 3.05) is 0 Å². The molecule has 1 heterocycles. The molecule has 0 aliphatic heterocycles. The number of halogens is 2. The zero-order valence-corrected chi connectivity index (χ0v) is 15.3. The average molecular weight is 386 g/mol. The van der Waals surface area contributed by atoms with Crippen LogP contribution in [0.1, 0.15) is 11.3 Å². The fourth-order valence-corrected chi connectivity index (χ4v) is 2.81. The van der Waals surface area contributed by atoms with E-state index in [1.807, 2.05) is 0 Å². The molecule has 0 bridgehead atoms. The van der Waals surface area contributed by atoms with E-state index in [0.717, 1.165) is 5.56 Å². The van der Waals surface area contributed by atoms with Gasteiger partial charge in [0.05, 0.1) is 0 Å². The lowest BCUT2D eigenvalue weighted by Gasteiger charge is -2.13. The van der Waals surface area contributed by atoms with Gasteiger partial charge in [-0.25, -0.2) is 9.37 Å². The minimum Gasteiger partial charge on any atom is -0.350 e. The molecule has 0 spiro atoms. The molecular formula is C20H17ClFN3O2. The summed E-state index contributed by atoms with van der Waals surface area (Å²) >= 11 is 6.04. The number of nitrogens with zero attached hydrogens (tertiary/aromatic N) is 2. The van der Waals surface area contributed by atoms with Gasteiger partial charge in [0.25, 0.3) is 5.56 Å². The minimum absolute atomic E-state index is 0.185. The van der Waals surface area contributed by atoms with Crippen LogP contribution in [0.5, 0.6) is 0 Å². The van der Waals surface area contributed by atoms with Crippen molar-refractivity contribution in [1.29, 1.82) is 0 Å². The average Bonchev–Trinajstić information content (AvgIpc) is 2.63. The number of nitrogens with one attached hydrogen (secondary N) is 1. The molecule has 1 amide bonds. The summed E-state index contributed by atoms with van der Waals surface area (Å²) in [5, 5.41) is 3.23. The van der Waals surface area contributed by atoms with E-state index in [1.54, 1.807) is 43.3 Å². The Hall–Kier alpha value is -2.99. The number of hydrogen-bond acceptors (Lipinski definition) is 3. The van der Waals surface area contributed by atoms with Crippen LogP contribution < -0.4 is 10.9 Å². The lowest BCUT2D eigenvalue weighted by molar-refractivity contribution is -0.121. The van der Waals surface area contributed by atoms with Crippen molar-refractivity contribution < 1.29 is 9.18 Å². The Morgan fingerprint density at radius 3 is 2.63 bits per heavy atom. The van der Waals surface area contributed by atoms with Gasteiger partial charge in [-0.05, 0) is 36.8 Å². The van der Waals surface area contributed by atoms with E-state index in [4.69, 9.17) is 11.6 Å². The summed E-state index contributed by atoms with van der Waals surface area (Å²) in [5.74, 6) is -0.316. The van der Waals surface area contributed by atoms with Crippen LogP contribution in [0.4, 0.5) is 4.39 Å². The first-order valence-corrected chi connectivity index (χ1v) is 8.66. The van der Waals surface area contributed by atoms with Gasteiger partial charge in [0.15, 0.2) is 0 Å². The van der Waals surface area contributed by atoms with Gasteiger partial charge in [-0.15, -0.1) is 0 Å². The number of amides is 1. The van der Waals surface area contributed by atoms with Gasteiger partial charge in [-0.2, -0.15) is 0 Å². The van der Waals surface area contributed by atoms with E-state index < -0.39 is 0 Å². The first-order valence-electron chi connectivity index (χ1n) is 8.28. The van der Waals surface area contributed by atoms with Crippen molar-refractivity contribution in [2.45, 2.75) is 20.0 Å². The molecule has 138 valence electrons. The molecule has 1 aromatic heterocycles. The molecular weight excluding hydrogens is 369 g/mol. The Morgan fingerprint density at radius 1 is 1.19 bits per heavy atom. The molecule has 5 nitrogen and oxygen atoms in total. The van der Waals surface area contributed by atoms with E-state index in [2.05, 4.69) is 10.3 Å². The fraction of sp³-hybridized carbons (Fsp3) is 0.150. The van der Waals surface area contributed by atoms with E-state index in [9.17, 15) is 14.0 Å². The van der Waals surface area contributed by atoms with Crippen LogP contribution >= 0.6 is 11.6 Å². The number of rotatable bonds is 5. The van der Waals surface area contributed by atoms with Crippen LogP contribution in [0, 0.1) is 12.7 Å². The third-order valence-electron chi connectivity index (χ3n) is 3.92. The Kier molecular flexibility index (Phi) is 5.66. The maximum Gasteiger partial charge on any atom is 0.254 e. The Labute approximate surface area is 160 Å². The molecule has 3 rings (SSSR count). The van der Waals surface area contributed by atoms with Crippen molar-refractivity contribution in [1.82, 2.24) is 14.9 Å². The quantitative estimate of drug-likeness (QED) is 0.732. The maximum atomic E-state index is 12.9. The maximum absolute atomic E-state index is 12.9. The molecule has 0 fully saturated rings. The van der Waals surface area contributed by atoms with Crippen LogP contribution in [-0.2, 0) is 17.9 Å². The molecule has 0 radical (unpaired) electrons. The number of hydrogen-bond donors (Lipinski definition) is 1. The van der Waals surface area contributed by atoms with Gasteiger partial charge >= 0.3 is 0 Å². The van der Waals surface area contributed by atoms with Gasteiger partial charge in [-0.3, -0.25) is 14.2 Å². The highest BCUT2D eigenvalue weighted by Crippen LogP contribution is 2.20. The van der Waals surface area contributed by atoms with Crippen molar-refractivity contribution >= 4 is 17.5 Å². The zero-order chi connectivity index (χ0) is 19.4. The molecule has 1 N–H and O–H groups in total. The topological polar surface area (TPSA) is 64.0 Å². The molecule has 0 aliphatic carbocycles. The van der Waals surface area contributed by atoms with Crippen molar-refractivity contribution in [3.8, 4) is 11.4 Å². The summed E-state index contributed by atoms with van der Waals surface area (Å²) in [4.78, 5) is 29.2. The number of carbonyl (C=O) groups is 1. The molecule has 3 aromatic rings. The summed E-state index contributed by atoms with van der Waals surface area (Å²) in [6, 6.07) is 14.2. The first kappa shape index (κ1) is 18.8. The monoisotopic (exact) mass is 385 g/mol. The van der Waals surface area contributed by atoms with Crippen molar-refractivity contribution in [3.05, 3.63) is 87.0 Å². The molecule has 0 atom stereocenters. The summed E-state index contributed by atoms with van der Waals surface area (Å²) < 4.78 is 14.2. The molecule has 27 heavy (non-hydrogen) atoms. The predicted molar refractivity (Wildman–Crippen MR) is 102 cm³/mol. The second-order valence-corrected chi connectivity index (χ2v) is 6.50.